The van der Waals surface area contributed by atoms with Gasteiger partial charge in [-0.15, -0.1) is 0 Å². The van der Waals surface area contributed by atoms with Crippen molar-refractivity contribution in [3.8, 4) is 0 Å². The highest BCUT2D eigenvalue weighted by Crippen LogP contribution is 2.19. The van der Waals surface area contributed by atoms with Crippen molar-refractivity contribution in [2.75, 3.05) is 7.11 Å². The molecule has 8 nitrogen and oxygen atoms in total. The minimum atomic E-state index is -0.936. The average molecular weight is 437 g/mol. The van der Waals surface area contributed by atoms with Crippen LogP contribution < -0.4 is 11.1 Å². The summed E-state index contributed by atoms with van der Waals surface area (Å²) < 4.78 is 10.0. The van der Waals surface area contributed by atoms with E-state index in [1.54, 1.807) is 0 Å². The molecule has 4 N–H and O–H groups in total. The molecule has 3 rings (SSSR count). The van der Waals surface area contributed by atoms with E-state index in [0.29, 0.717) is 0 Å². The number of ether oxygens (including phenoxy) is 2. The minimum absolute atomic E-state index is 0.0248. The second kappa shape index (κ2) is 11.1. The fourth-order valence-electron chi connectivity index (χ4n) is 3.36. The molecule has 2 aromatic carbocycles. The normalized spacial score (nSPS) is 12.7. The minimum Gasteiger partial charge on any atom is -0.467 e. The first-order chi connectivity index (χ1) is 15.5. The highest BCUT2D eigenvalue weighted by atomic mass is 16.5. The number of carbonyl (C=O) groups excluding carboxylic acids is 3. The van der Waals surface area contributed by atoms with E-state index < -0.39 is 29.9 Å². The van der Waals surface area contributed by atoms with E-state index >= 15 is 0 Å². The number of carbonyl (C=O) groups is 3. The van der Waals surface area contributed by atoms with Crippen molar-refractivity contribution >= 4 is 28.7 Å². The van der Waals surface area contributed by atoms with Gasteiger partial charge in [0.2, 0.25) is 5.91 Å². The number of nitrogens with two attached hydrogens (primary N) is 1. The summed E-state index contributed by atoms with van der Waals surface area (Å²) in [4.78, 5) is 39.9. The number of nitrogens with one attached hydrogen (secondary N) is 2. The molecule has 1 aromatic heterocycles. The molecule has 0 unspecified atom stereocenters. The van der Waals surface area contributed by atoms with Gasteiger partial charge in [-0.3, -0.25) is 9.59 Å². The maximum atomic E-state index is 12.4. The van der Waals surface area contributed by atoms with Crippen molar-refractivity contribution in [2.24, 2.45) is 5.73 Å². The third-order valence-electron chi connectivity index (χ3n) is 5.13. The number of fused-ring (bicyclic) bond motifs is 1. The van der Waals surface area contributed by atoms with Crippen molar-refractivity contribution in [3.63, 3.8) is 0 Å². The number of H-pyrrole nitrogens is 1. The Labute approximate surface area is 186 Å². The Kier molecular flexibility index (Phi) is 7.99. The predicted molar refractivity (Wildman–Crippen MR) is 119 cm³/mol. The molecule has 32 heavy (non-hydrogen) atoms. The zero-order valence-electron chi connectivity index (χ0n) is 17.9. The number of amides is 1. The maximum Gasteiger partial charge on any atom is 0.328 e. The van der Waals surface area contributed by atoms with E-state index in [2.05, 4.69) is 10.3 Å². The Balaban J connectivity index is 1.51. The lowest BCUT2D eigenvalue weighted by Crippen LogP contribution is -2.43. The Morgan fingerprint density at radius 2 is 1.75 bits per heavy atom. The fraction of sp³-hybridized carbons (Fsp3) is 0.292. The number of para-hydroxylation sites is 1. The van der Waals surface area contributed by atoms with Crippen LogP contribution in [0.15, 0.2) is 60.8 Å². The quantitative estimate of drug-likeness (QED) is 0.418. The van der Waals surface area contributed by atoms with Gasteiger partial charge in [-0.25, -0.2) is 4.79 Å². The molecule has 2 atom stereocenters. The van der Waals surface area contributed by atoms with Crippen molar-refractivity contribution < 1.29 is 23.9 Å². The van der Waals surface area contributed by atoms with Crippen LogP contribution in [0.2, 0.25) is 0 Å². The van der Waals surface area contributed by atoms with E-state index in [0.717, 1.165) is 22.0 Å². The van der Waals surface area contributed by atoms with Crippen LogP contribution in [0.25, 0.3) is 10.9 Å². The maximum absolute atomic E-state index is 12.4. The smallest absolute Gasteiger partial charge is 0.328 e. The van der Waals surface area contributed by atoms with Crippen molar-refractivity contribution in [3.05, 3.63) is 71.9 Å². The molecular weight excluding hydrogens is 410 g/mol. The lowest BCUT2D eigenvalue weighted by Gasteiger charge is -2.17. The molecule has 0 aliphatic carbocycles. The van der Waals surface area contributed by atoms with Crippen LogP contribution >= 0.6 is 0 Å². The zero-order valence-corrected chi connectivity index (χ0v) is 17.9. The number of hydrogen-bond acceptors (Lipinski definition) is 6. The van der Waals surface area contributed by atoms with Crippen molar-refractivity contribution in [1.29, 1.82) is 0 Å². The lowest BCUT2D eigenvalue weighted by atomic mass is 10.0. The van der Waals surface area contributed by atoms with Crippen LogP contribution in [0.4, 0.5) is 0 Å². The zero-order chi connectivity index (χ0) is 22.9. The van der Waals surface area contributed by atoms with Crippen LogP contribution in [-0.2, 0) is 36.9 Å². The van der Waals surface area contributed by atoms with E-state index in [1.807, 2.05) is 60.8 Å². The van der Waals surface area contributed by atoms with Gasteiger partial charge < -0.3 is 25.5 Å². The van der Waals surface area contributed by atoms with Gasteiger partial charge in [0.15, 0.2) is 0 Å². The summed E-state index contributed by atoms with van der Waals surface area (Å²) in [6.45, 7) is 0.120. The Morgan fingerprint density at radius 3 is 2.50 bits per heavy atom. The molecule has 0 spiro atoms. The summed E-state index contributed by atoms with van der Waals surface area (Å²) in [7, 11) is 1.27. The summed E-state index contributed by atoms with van der Waals surface area (Å²) >= 11 is 0. The van der Waals surface area contributed by atoms with E-state index in [-0.39, 0.29) is 25.9 Å². The topological polar surface area (TPSA) is 124 Å². The summed E-state index contributed by atoms with van der Waals surface area (Å²) in [6.07, 6.45) is 2.16. The molecule has 3 aromatic rings. The number of benzene rings is 2. The van der Waals surface area contributed by atoms with Gasteiger partial charge in [0.1, 0.15) is 18.7 Å². The molecule has 0 aliphatic rings. The third-order valence-corrected chi connectivity index (χ3v) is 5.13. The largest absolute Gasteiger partial charge is 0.467 e. The lowest BCUT2D eigenvalue weighted by molar-refractivity contribution is -0.147. The van der Waals surface area contributed by atoms with Crippen LogP contribution in [0, 0.1) is 0 Å². The molecule has 0 aliphatic heterocycles. The number of aromatic amines is 1. The van der Waals surface area contributed by atoms with Gasteiger partial charge in [0.05, 0.1) is 7.11 Å². The highest BCUT2D eigenvalue weighted by molar-refractivity contribution is 5.87. The standard InChI is InChI=1S/C24H27N3O5/c1-31-24(30)21(13-17-14-26-20-10-6-5-9-18(17)20)27-22(28)12-11-19(25)23(29)32-15-16-7-3-2-4-8-16/h2-10,14,19,21,26H,11-13,15,25H2,1H3,(H,27,28)/t19-,21-/m1/s1. The Bertz CT molecular complexity index is 1060. The molecule has 1 amide bonds. The summed E-state index contributed by atoms with van der Waals surface area (Å²) in [5.41, 5.74) is 8.55. The van der Waals surface area contributed by atoms with Gasteiger partial charge in [-0.2, -0.15) is 0 Å². The molecule has 8 heteroatoms. The van der Waals surface area contributed by atoms with Gasteiger partial charge in [-0.05, 0) is 23.6 Å². The number of hydrogen-bond donors (Lipinski definition) is 3. The van der Waals surface area contributed by atoms with Crippen LogP contribution in [0.5, 0.6) is 0 Å². The van der Waals surface area contributed by atoms with Crippen LogP contribution in [0.3, 0.4) is 0 Å². The SMILES string of the molecule is COC(=O)[C@@H](Cc1c[nH]c2ccccc12)NC(=O)CC[C@@H](N)C(=O)OCc1ccccc1. The molecule has 0 bridgehead atoms. The summed E-state index contributed by atoms with van der Waals surface area (Å²) in [6, 6.07) is 15.2. The van der Waals surface area contributed by atoms with Gasteiger partial charge in [0.25, 0.3) is 0 Å². The van der Waals surface area contributed by atoms with Gasteiger partial charge >= 0.3 is 11.9 Å². The van der Waals surface area contributed by atoms with Gasteiger partial charge in [-0.1, -0.05) is 48.5 Å². The summed E-state index contributed by atoms with van der Waals surface area (Å²) in [5, 5.41) is 3.66. The molecule has 0 saturated carbocycles. The molecule has 0 radical (unpaired) electrons. The van der Waals surface area contributed by atoms with Crippen LogP contribution in [-0.4, -0.2) is 42.0 Å². The molecule has 168 valence electrons. The number of aromatic nitrogens is 1. The van der Waals surface area contributed by atoms with Crippen molar-refractivity contribution in [2.45, 2.75) is 38.0 Å². The first-order valence-electron chi connectivity index (χ1n) is 10.4. The third kappa shape index (κ3) is 6.18. The number of methoxy groups -OCH3 is 1. The van der Waals surface area contributed by atoms with E-state index in [1.165, 1.54) is 7.11 Å². The number of rotatable bonds is 10. The Morgan fingerprint density at radius 1 is 1.03 bits per heavy atom. The first-order valence-corrected chi connectivity index (χ1v) is 10.4. The monoisotopic (exact) mass is 437 g/mol. The van der Waals surface area contributed by atoms with Crippen LogP contribution in [0.1, 0.15) is 24.0 Å². The van der Waals surface area contributed by atoms with E-state index in [4.69, 9.17) is 15.2 Å². The molecule has 0 saturated heterocycles. The fourth-order valence-corrected chi connectivity index (χ4v) is 3.36. The van der Waals surface area contributed by atoms with E-state index in [9.17, 15) is 14.4 Å². The first kappa shape index (κ1) is 23.0. The average Bonchev–Trinajstić information content (AvgIpc) is 3.23. The molecular formula is C24H27N3O5. The van der Waals surface area contributed by atoms with Gasteiger partial charge in [0, 0.05) is 29.9 Å². The Hall–Kier alpha value is -3.65. The predicted octanol–water partition coefficient (Wildman–Crippen LogP) is 2.22. The number of esters is 2. The highest BCUT2D eigenvalue weighted by Gasteiger charge is 2.24. The molecule has 0 fully saturated rings. The second-order valence-corrected chi connectivity index (χ2v) is 7.45. The van der Waals surface area contributed by atoms with Crippen molar-refractivity contribution in [1.82, 2.24) is 10.3 Å². The second-order valence-electron chi connectivity index (χ2n) is 7.45. The summed E-state index contributed by atoms with van der Waals surface area (Å²) in [5.74, 6) is -1.52. The molecule has 1 heterocycles.